The summed E-state index contributed by atoms with van der Waals surface area (Å²) in [7, 11) is 0. The number of fused-ring (bicyclic) bond motifs is 1. The van der Waals surface area contributed by atoms with Gasteiger partial charge < -0.3 is 9.67 Å². The Hall–Kier alpha value is -1.65. The number of hydrogen-bond donors (Lipinski definition) is 1. The lowest BCUT2D eigenvalue weighted by atomic mass is 10.1. The minimum absolute atomic E-state index is 0.0294. The third kappa shape index (κ3) is 2.37. The van der Waals surface area contributed by atoms with Crippen LogP contribution in [0.5, 0.6) is 0 Å². The summed E-state index contributed by atoms with van der Waals surface area (Å²) in [5.74, 6) is -0.249. The molecule has 0 fully saturated rings. The van der Waals surface area contributed by atoms with E-state index in [1.165, 1.54) is 12.1 Å². The molecule has 0 aliphatic carbocycles. The third-order valence-corrected chi connectivity index (χ3v) is 4.17. The van der Waals surface area contributed by atoms with Crippen LogP contribution in [0.3, 0.4) is 0 Å². The summed E-state index contributed by atoms with van der Waals surface area (Å²) in [6, 6.07) is 12.6. The molecule has 0 saturated heterocycles. The van der Waals surface area contributed by atoms with E-state index < -0.39 is 0 Å². The summed E-state index contributed by atoms with van der Waals surface area (Å²) >= 11 is 3.39. The van der Waals surface area contributed by atoms with Crippen molar-refractivity contribution >= 4 is 26.8 Å². The van der Waals surface area contributed by atoms with Crippen LogP contribution in [0.2, 0.25) is 0 Å². The second-order valence-electron chi connectivity index (χ2n) is 4.69. The highest BCUT2D eigenvalue weighted by Crippen LogP contribution is 2.24. The molecule has 0 aliphatic heterocycles. The summed E-state index contributed by atoms with van der Waals surface area (Å²) in [5, 5.41) is 10.4. The summed E-state index contributed by atoms with van der Waals surface area (Å²) in [4.78, 5) is 0. The Balaban J connectivity index is 2.03. The van der Waals surface area contributed by atoms with E-state index in [-0.39, 0.29) is 12.4 Å². The van der Waals surface area contributed by atoms with Crippen molar-refractivity contribution < 1.29 is 9.50 Å². The predicted octanol–water partition coefficient (Wildman–Crippen LogP) is 4.08. The zero-order valence-corrected chi connectivity index (χ0v) is 12.3. The Bertz CT molecular complexity index is 766. The van der Waals surface area contributed by atoms with Crippen LogP contribution >= 0.6 is 15.9 Å². The maximum Gasteiger partial charge on any atom is 0.124 e. The first-order chi connectivity index (χ1) is 9.69. The smallest absolute Gasteiger partial charge is 0.124 e. The summed E-state index contributed by atoms with van der Waals surface area (Å²) in [5.41, 5.74) is 2.99. The molecule has 0 unspecified atom stereocenters. The SMILES string of the molecule is OCc1cccc2c1ccn2Cc1ccc(F)cc1Br. The van der Waals surface area contributed by atoms with Gasteiger partial charge in [-0.15, -0.1) is 0 Å². The van der Waals surface area contributed by atoms with Crippen LogP contribution in [-0.4, -0.2) is 9.67 Å². The molecule has 2 nitrogen and oxygen atoms in total. The normalized spacial score (nSPS) is 11.2. The minimum atomic E-state index is -0.249. The molecule has 0 atom stereocenters. The maximum atomic E-state index is 13.1. The van der Waals surface area contributed by atoms with Gasteiger partial charge in [0.1, 0.15) is 5.82 Å². The zero-order chi connectivity index (χ0) is 14.1. The highest BCUT2D eigenvalue weighted by molar-refractivity contribution is 9.10. The lowest BCUT2D eigenvalue weighted by molar-refractivity contribution is 0.283. The van der Waals surface area contributed by atoms with Crippen LogP contribution in [0.25, 0.3) is 10.9 Å². The second kappa shape index (κ2) is 5.38. The van der Waals surface area contributed by atoms with Crippen molar-refractivity contribution in [3.8, 4) is 0 Å². The molecular formula is C16H13BrFNO. The number of halogens is 2. The molecule has 0 saturated carbocycles. The molecular weight excluding hydrogens is 321 g/mol. The molecule has 0 bridgehead atoms. The third-order valence-electron chi connectivity index (χ3n) is 3.43. The first kappa shape index (κ1) is 13.3. The van der Waals surface area contributed by atoms with Crippen molar-refractivity contribution in [2.45, 2.75) is 13.2 Å². The molecule has 2 aromatic carbocycles. The van der Waals surface area contributed by atoms with Crippen molar-refractivity contribution in [3.63, 3.8) is 0 Å². The molecule has 0 amide bonds. The molecule has 20 heavy (non-hydrogen) atoms. The fraction of sp³-hybridized carbons (Fsp3) is 0.125. The quantitative estimate of drug-likeness (QED) is 0.767. The molecule has 102 valence electrons. The number of hydrogen-bond acceptors (Lipinski definition) is 1. The minimum Gasteiger partial charge on any atom is -0.392 e. The van der Waals surface area contributed by atoms with E-state index in [1.807, 2.05) is 30.5 Å². The molecule has 1 N–H and O–H groups in total. The molecule has 1 heterocycles. The molecule has 3 aromatic rings. The van der Waals surface area contributed by atoms with E-state index in [4.69, 9.17) is 0 Å². The van der Waals surface area contributed by atoms with Gasteiger partial charge >= 0.3 is 0 Å². The van der Waals surface area contributed by atoms with Gasteiger partial charge in [0, 0.05) is 28.1 Å². The lowest BCUT2D eigenvalue weighted by Crippen LogP contribution is -1.99. The topological polar surface area (TPSA) is 25.2 Å². The maximum absolute atomic E-state index is 13.1. The van der Waals surface area contributed by atoms with Crippen molar-refractivity contribution in [1.29, 1.82) is 0 Å². The fourth-order valence-electron chi connectivity index (χ4n) is 2.40. The average Bonchev–Trinajstić information content (AvgIpc) is 2.85. The van der Waals surface area contributed by atoms with Gasteiger partial charge in [-0.25, -0.2) is 4.39 Å². The number of aliphatic hydroxyl groups excluding tert-OH is 1. The Labute approximate surface area is 124 Å². The Kier molecular flexibility index (Phi) is 3.59. The monoisotopic (exact) mass is 333 g/mol. The average molecular weight is 334 g/mol. The highest BCUT2D eigenvalue weighted by Gasteiger charge is 2.07. The molecule has 0 radical (unpaired) electrons. The first-order valence-corrected chi connectivity index (χ1v) is 7.10. The van der Waals surface area contributed by atoms with Gasteiger partial charge in [-0.2, -0.15) is 0 Å². The summed E-state index contributed by atoms with van der Waals surface area (Å²) < 4.78 is 16.0. The van der Waals surface area contributed by atoms with E-state index in [0.717, 1.165) is 26.5 Å². The molecule has 3 rings (SSSR count). The van der Waals surface area contributed by atoms with Gasteiger partial charge in [-0.3, -0.25) is 0 Å². The highest BCUT2D eigenvalue weighted by atomic mass is 79.9. The Morgan fingerprint density at radius 1 is 1.10 bits per heavy atom. The van der Waals surface area contributed by atoms with Gasteiger partial charge in [0.25, 0.3) is 0 Å². The number of aromatic nitrogens is 1. The van der Waals surface area contributed by atoms with E-state index in [1.54, 1.807) is 6.07 Å². The van der Waals surface area contributed by atoms with Crippen LogP contribution in [0.4, 0.5) is 4.39 Å². The molecule has 0 spiro atoms. The predicted molar refractivity (Wildman–Crippen MR) is 81.1 cm³/mol. The van der Waals surface area contributed by atoms with Crippen LogP contribution in [0.1, 0.15) is 11.1 Å². The Morgan fingerprint density at radius 3 is 2.70 bits per heavy atom. The van der Waals surface area contributed by atoms with Gasteiger partial charge in [-0.05, 0) is 35.4 Å². The van der Waals surface area contributed by atoms with Crippen molar-refractivity contribution in [3.05, 3.63) is 70.1 Å². The fourth-order valence-corrected chi connectivity index (χ4v) is 2.87. The zero-order valence-electron chi connectivity index (χ0n) is 10.7. The Morgan fingerprint density at radius 2 is 1.95 bits per heavy atom. The lowest BCUT2D eigenvalue weighted by Gasteiger charge is -2.08. The standard InChI is InChI=1S/C16H13BrFNO/c17-15-8-13(18)5-4-11(15)9-19-7-6-14-12(10-20)2-1-3-16(14)19/h1-8,20H,9-10H2. The van der Waals surface area contributed by atoms with Crippen LogP contribution in [0, 0.1) is 5.82 Å². The van der Waals surface area contributed by atoms with Gasteiger partial charge in [0.15, 0.2) is 0 Å². The van der Waals surface area contributed by atoms with Crippen LogP contribution < -0.4 is 0 Å². The molecule has 4 heteroatoms. The number of nitrogens with zero attached hydrogens (tertiary/aromatic N) is 1. The second-order valence-corrected chi connectivity index (χ2v) is 5.54. The van der Waals surface area contributed by atoms with E-state index in [0.29, 0.717) is 6.54 Å². The number of rotatable bonds is 3. The van der Waals surface area contributed by atoms with Crippen LogP contribution in [0.15, 0.2) is 53.1 Å². The molecule has 0 aliphatic rings. The van der Waals surface area contributed by atoms with Gasteiger partial charge in [0.05, 0.1) is 6.61 Å². The first-order valence-electron chi connectivity index (χ1n) is 6.30. The van der Waals surface area contributed by atoms with E-state index in [9.17, 15) is 9.50 Å². The van der Waals surface area contributed by atoms with Crippen molar-refractivity contribution in [2.75, 3.05) is 0 Å². The van der Waals surface area contributed by atoms with Crippen LogP contribution in [-0.2, 0) is 13.2 Å². The molecule has 1 aromatic heterocycles. The number of aliphatic hydroxyl groups is 1. The summed E-state index contributed by atoms with van der Waals surface area (Å²) in [6.45, 7) is 0.681. The largest absolute Gasteiger partial charge is 0.392 e. The van der Waals surface area contributed by atoms with Gasteiger partial charge in [0.2, 0.25) is 0 Å². The van der Waals surface area contributed by atoms with E-state index >= 15 is 0 Å². The van der Waals surface area contributed by atoms with Crippen molar-refractivity contribution in [1.82, 2.24) is 4.57 Å². The van der Waals surface area contributed by atoms with Crippen molar-refractivity contribution in [2.24, 2.45) is 0 Å². The van der Waals surface area contributed by atoms with Gasteiger partial charge in [-0.1, -0.05) is 34.1 Å². The summed E-state index contributed by atoms with van der Waals surface area (Å²) in [6.07, 6.45) is 1.99. The number of benzene rings is 2. The van der Waals surface area contributed by atoms with E-state index in [2.05, 4.69) is 20.5 Å².